The summed E-state index contributed by atoms with van der Waals surface area (Å²) in [5.74, 6) is 1.36. The van der Waals surface area contributed by atoms with E-state index in [1.54, 1.807) is 6.07 Å². The highest BCUT2D eigenvalue weighted by molar-refractivity contribution is 6.33. The average Bonchev–Trinajstić information content (AvgIpc) is 2.80. The number of rotatable bonds is 12. The fourth-order valence-corrected chi connectivity index (χ4v) is 3.60. The molecule has 10 heteroatoms. The van der Waals surface area contributed by atoms with Crippen LogP contribution in [-0.4, -0.2) is 24.6 Å². The Bertz CT molecular complexity index is 1100. The second-order valence-electron chi connectivity index (χ2n) is 7.08. The summed E-state index contributed by atoms with van der Waals surface area (Å²) in [6.07, 6.45) is 0. The number of nitrogens with one attached hydrogen (secondary N) is 2. The van der Waals surface area contributed by atoms with Gasteiger partial charge in [-0.3, -0.25) is 10.1 Å². The van der Waals surface area contributed by atoms with Gasteiger partial charge in [0, 0.05) is 47.9 Å². The van der Waals surface area contributed by atoms with Gasteiger partial charge < -0.3 is 20.1 Å². The molecule has 0 bridgehead atoms. The topological polar surface area (TPSA) is 85.7 Å². The molecule has 3 rings (SSSR count). The van der Waals surface area contributed by atoms with Gasteiger partial charge in [-0.2, -0.15) is 0 Å². The predicted octanol–water partition coefficient (Wildman–Crippen LogP) is 6.50. The number of para-hydroxylation sites is 1. The van der Waals surface area contributed by atoms with Gasteiger partial charge in [-0.1, -0.05) is 53.5 Å². The maximum absolute atomic E-state index is 10.8. The summed E-state index contributed by atoms with van der Waals surface area (Å²) in [6.45, 7) is 4.57. The van der Waals surface area contributed by atoms with Gasteiger partial charge in [0.25, 0.3) is 5.69 Å². The van der Waals surface area contributed by atoms with Gasteiger partial charge >= 0.3 is 0 Å². The van der Waals surface area contributed by atoms with E-state index < -0.39 is 4.92 Å². The van der Waals surface area contributed by atoms with E-state index in [0.717, 1.165) is 11.1 Å². The fourth-order valence-electron chi connectivity index (χ4n) is 3.17. The quantitative estimate of drug-likeness (QED) is 0.159. The lowest BCUT2D eigenvalue weighted by Crippen LogP contribution is -2.22. The molecule has 0 radical (unpaired) electrons. The molecule has 34 heavy (non-hydrogen) atoms. The molecule has 0 unspecified atom stereocenters. The number of hydrogen-bond acceptors (Lipinski definition) is 6. The van der Waals surface area contributed by atoms with E-state index in [0.29, 0.717) is 60.1 Å². The number of anilines is 1. The van der Waals surface area contributed by atoms with Gasteiger partial charge in [0.15, 0.2) is 11.5 Å². The van der Waals surface area contributed by atoms with Crippen LogP contribution in [0.25, 0.3) is 0 Å². The van der Waals surface area contributed by atoms with Crippen molar-refractivity contribution in [2.24, 2.45) is 0 Å². The van der Waals surface area contributed by atoms with Crippen LogP contribution in [-0.2, 0) is 13.2 Å². The first-order valence-electron chi connectivity index (χ1n) is 10.5. The molecule has 0 atom stereocenters. The zero-order chi connectivity index (χ0) is 23.6. The van der Waals surface area contributed by atoms with Crippen molar-refractivity contribution < 1.29 is 14.4 Å². The van der Waals surface area contributed by atoms with Crippen LogP contribution in [0.15, 0.2) is 60.7 Å². The summed E-state index contributed by atoms with van der Waals surface area (Å²) in [5, 5.41) is 18.3. The predicted molar refractivity (Wildman–Crippen MR) is 139 cm³/mol. The van der Waals surface area contributed by atoms with Crippen LogP contribution >= 0.6 is 35.6 Å². The maximum atomic E-state index is 10.8. The molecule has 0 spiro atoms. The summed E-state index contributed by atoms with van der Waals surface area (Å²) < 4.78 is 11.9. The Kier molecular flexibility index (Phi) is 11.2. The SMILES string of the molecule is CCOc1cccc(CNCCNc2ccc([N+](=O)[O-])cc2Cl)c1OCc1ccccc1Cl.Cl. The third kappa shape index (κ3) is 7.67. The maximum Gasteiger partial charge on any atom is 0.271 e. The van der Waals surface area contributed by atoms with E-state index in [4.69, 9.17) is 32.7 Å². The molecule has 3 aromatic carbocycles. The number of nitro groups is 1. The summed E-state index contributed by atoms with van der Waals surface area (Å²) in [5.41, 5.74) is 2.46. The number of hydrogen-bond donors (Lipinski definition) is 2. The molecule has 182 valence electrons. The van der Waals surface area contributed by atoms with Crippen molar-refractivity contribution in [3.05, 3.63) is 92.0 Å². The Morgan fingerprint density at radius 2 is 1.71 bits per heavy atom. The summed E-state index contributed by atoms with van der Waals surface area (Å²) >= 11 is 12.4. The Morgan fingerprint density at radius 1 is 0.941 bits per heavy atom. The lowest BCUT2D eigenvalue weighted by molar-refractivity contribution is -0.384. The second-order valence-corrected chi connectivity index (χ2v) is 7.90. The molecule has 0 fully saturated rings. The van der Waals surface area contributed by atoms with E-state index in [1.807, 2.05) is 49.4 Å². The number of benzene rings is 3. The van der Waals surface area contributed by atoms with E-state index in [1.165, 1.54) is 12.1 Å². The summed E-state index contributed by atoms with van der Waals surface area (Å²) in [7, 11) is 0. The van der Waals surface area contributed by atoms with Gasteiger partial charge in [0.05, 0.1) is 22.2 Å². The molecule has 7 nitrogen and oxygen atoms in total. The number of nitrogens with zero attached hydrogens (tertiary/aromatic N) is 1. The highest BCUT2D eigenvalue weighted by Gasteiger charge is 2.13. The Hall–Kier alpha value is -2.71. The second kappa shape index (κ2) is 13.9. The Morgan fingerprint density at radius 3 is 2.41 bits per heavy atom. The lowest BCUT2D eigenvalue weighted by atomic mass is 10.1. The Labute approximate surface area is 214 Å². The van der Waals surface area contributed by atoms with Crippen molar-refractivity contribution in [3.8, 4) is 11.5 Å². The minimum atomic E-state index is -0.473. The van der Waals surface area contributed by atoms with Gasteiger partial charge in [-0.05, 0) is 25.1 Å². The normalized spacial score (nSPS) is 10.3. The first kappa shape index (κ1) is 27.5. The van der Waals surface area contributed by atoms with Crippen LogP contribution in [0.5, 0.6) is 11.5 Å². The van der Waals surface area contributed by atoms with Gasteiger partial charge in [0.2, 0.25) is 0 Å². The molecule has 0 aromatic heterocycles. The van der Waals surface area contributed by atoms with E-state index in [9.17, 15) is 10.1 Å². The third-order valence-electron chi connectivity index (χ3n) is 4.79. The molecular weight excluding hydrogens is 501 g/mol. The van der Waals surface area contributed by atoms with Crippen LogP contribution in [0.3, 0.4) is 0 Å². The molecular formula is C24H26Cl3N3O4. The van der Waals surface area contributed by atoms with Crippen LogP contribution < -0.4 is 20.1 Å². The van der Waals surface area contributed by atoms with Crippen molar-refractivity contribution in [3.63, 3.8) is 0 Å². The Balaban J connectivity index is 0.00000408. The number of halogens is 3. The highest BCUT2D eigenvalue weighted by Crippen LogP contribution is 2.33. The van der Waals surface area contributed by atoms with Crippen molar-refractivity contribution in [1.82, 2.24) is 5.32 Å². The first-order valence-corrected chi connectivity index (χ1v) is 11.2. The van der Waals surface area contributed by atoms with Crippen molar-refractivity contribution in [2.75, 3.05) is 25.0 Å². The molecule has 0 saturated carbocycles. The lowest BCUT2D eigenvalue weighted by Gasteiger charge is -2.17. The zero-order valence-corrected chi connectivity index (χ0v) is 20.9. The van der Waals surface area contributed by atoms with Gasteiger partial charge in [-0.25, -0.2) is 0 Å². The average molecular weight is 527 g/mol. The fraction of sp³-hybridized carbons (Fsp3) is 0.250. The summed E-state index contributed by atoms with van der Waals surface area (Å²) in [4.78, 5) is 10.4. The highest BCUT2D eigenvalue weighted by atomic mass is 35.5. The number of ether oxygens (including phenoxy) is 2. The van der Waals surface area contributed by atoms with Crippen LogP contribution in [0.2, 0.25) is 10.0 Å². The standard InChI is InChI=1S/C24H25Cl2N3O4.ClH/c1-2-32-23-9-5-7-17(24(23)33-16-18-6-3-4-8-20(18)25)15-27-12-13-28-22-11-10-19(29(30)31)14-21(22)26;/h3-11,14,27-28H,2,12-13,15-16H2,1H3;1H. The third-order valence-corrected chi connectivity index (χ3v) is 5.47. The first-order chi connectivity index (χ1) is 16.0. The summed E-state index contributed by atoms with van der Waals surface area (Å²) in [6, 6.07) is 17.7. The molecule has 0 aliphatic heterocycles. The zero-order valence-electron chi connectivity index (χ0n) is 18.6. The van der Waals surface area contributed by atoms with E-state index >= 15 is 0 Å². The van der Waals surface area contributed by atoms with E-state index in [2.05, 4.69) is 10.6 Å². The number of nitro benzene ring substituents is 1. The minimum absolute atomic E-state index is 0. The van der Waals surface area contributed by atoms with Gasteiger partial charge in [0.1, 0.15) is 6.61 Å². The molecule has 0 aliphatic carbocycles. The van der Waals surface area contributed by atoms with Crippen LogP contribution in [0.1, 0.15) is 18.1 Å². The van der Waals surface area contributed by atoms with Crippen LogP contribution in [0, 0.1) is 10.1 Å². The van der Waals surface area contributed by atoms with Gasteiger partial charge in [-0.15, -0.1) is 12.4 Å². The largest absolute Gasteiger partial charge is 0.490 e. The van der Waals surface area contributed by atoms with E-state index in [-0.39, 0.29) is 18.1 Å². The molecule has 2 N–H and O–H groups in total. The minimum Gasteiger partial charge on any atom is -0.490 e. The molecule has 3 aromatic rings. The van der Waals surface area contributed by atoms with Crippen molar-refractivity contribution in [1.29, 1.82) is 0 Å². The monoisotopic (exact) mass is 525 g/mol. The van der Waals surface area contributed by atoms with Crippen molar-refractivity contribution >= 4 is 47.0 Å². The molecule has 0 amide bonds. The molecule has 0 heterocycles. The smallest absolute Gasteiger partial charge is 0.271 e. The van der Waals surface area contributed by atoms with Crippen molar-refractivity contribution in [2.45, 2.75) is 20.1 Å². The number of non-ortho nitro benzene ring substituents is 1. The molecule has 0 saturated heterocycles. The molecule has 0 aliphatic rings. The van der Waals surface area contributed by atoms with Crippen LogP contribution in [0.4, 0.5) is 11.4 Å².